The van der Waals surface area contributed by atoms with E-state index in [0.29, 0.717) is 6.04 Å². The largest absolute Gasteiger partial charge is 0.313 e. The second kappa shape index (κ2) is 5.57. The van der Waals surface area contributed by atoms with Crippen molar-refractivity contribution in [1.82, 2.24) is 15.1 Å². The van der Waals surface area contributed by atoms with Crippen LogP contribution in [0.25, 0.3) is 10.9 Å². The highest BCUT2D eigenvalue weighted by Crippen LogP contribution is 2.41. The lowest BCUT2D eigenvalue weighted by Crippen LogP contribution is -2.34. The zero-order valence-corrected chi connectivity index (χ0v) is 12.8. The van der Waals surface area contributed by atoms with E-state index in [0.717, 1.165) is 24.8 Å². The summed E-state index contributed by atoms with van der Waals surface area (Å²) in [6, 6.07) is 9.14. The maximum absolute atomic E-state index is 4.75. The Hall–Kier alpha value is -1.35. The van der Waals surface area contributed by atoms with Gasteiger partial charge in [0.05, 0.1) is 11.2 Å². The zero-order chi connectivity index (χ0) is 14.1. The molecule has 108 valence electrons. The van der Waals surface area contributed by atoms with Crippen molar-refractivity contribution in [3.05, 3.63) is 30.0 Å². The molecule has 0 aliphatic heterocycles. The molecule has 3 atom stereocenters. The summed E-state index contributed by atoms with van der Waals surface area (Å²) >= 11 is 0. The summed E-state index contributed by atoms with van der Waals surface area (Å²) in [5.41, 5.74) is 2.48. The highest BCUT2D eigenvalue weighted by Gasteiger charge is 2.39. The molecular formula is C17H25N3. The van der Waals surface area contributed by atoms with Crippen molar-refractivity contribution in [3.63, 3.8) is 0 Å². The van der Waals surface area contributed by atoms with E-state index in [1.165, 1.54) is 29.4 Å². The molecule has 1 aromatic carbocycles. The van der Waals surface area contributed by atoms with E-state index in [1.807, 2.05) is 11.7 Å². The molecule has 1 N–H and O–H groups in total. The highest BCUT2D eigenvalue weighted by atomic mass is 15.3. The van der Waals surface area contributed by atoms with Crippen LogP contribution in [0.5, 0.6) is 0 Å². The summed E-state index contributed by atoms with van der Waals surface area (Å²) in [6.45, 7) is 5.71. The van der Waals surface area contributed by atoms with Gasteiger partial charge in [0.1, 0.15) is 0 Å². The average Bonchev–Trinajstić information content (AvgIpc) is 3.10. The van der Waals surface area contributed by atoms with Gasteiger partial charge in [-0.2, -0.15) is 5.10 Å². The van der Waals surface area contributed by atoms with Crippen LogP contribution in [0, 0.1) is 11.8 Å². The fourth-order valence-corrected chi connectivity index (χ4v) is 3.26. The summed E-state index contributed by atoms with van der Waals surface area (Å²) in [5, 5.41) is 9.80. The first-order valence-corrected chi connectivity index (χ1v) is 7.84. The first-order chi connectivity index (χ1) is 9.70. The summed E-state index contributed by atoms with van der Waals surface area (Å²) in [6.07, 6.45) is 3.61. The predicted molar refractivity (Wildman–Crippen MR) is 83.8 cm³/mol. The van der Waals surface area contributed by atoms with E-state index in [1.54, 1.807) is 0 Å². The molecule has 3 unspecified atom stereocenters. The predicted octanol–water partition coefficient (Wildman–Crippen LogP) is 3.14. The van der Waals surface area contributed by atoms with Gasteiger partial charge in [0.2, 0.25) is 0 Å². The molecule has 1 fully saturated rings. The van der Waals surface area contributed by atoms with Gasteiger partial charge >= 0.3 is 0 Å². The van der Waals surface area contributed by atoms with Gasteiger partial charge in [-0.05, 0) is 37.3 Å². The van der Waals surface area contributed by atoms with Crippen LogP contribution in [-0.4, -0.2) is 22.4 Å². The topological polar surface area (TPSA) is 29.9 Å². The average molecular weight is 271 g/mol. The second-order valence-electron chi connectivity index (χ2n) is 6.23. The van der Waals surface area contributed by atoms with Crippen LogP contribution < -0.4 is 5.32 Å². The van der Waals surface area contributed by atoms with Crippen LogP contribution in [0.3, 0.4) is 0 Å². The molecule has 1 heterocycles. The maximum Gasteiger partial charge on any atom is 0.0718 e. The van der Waals surface area contributed by atoms with Crippen molar-refractivity contribution in [3.8, 4) is 0 Å². The molecule has 3 heteroatoms. The number of nitrogens with one attached hydrogen (secondary N) is 1. The molecule has 1 aliphatic carbocycles. The lowest BCUT2D eigenvalue weighted by atomic mass is 10.0. The molecule has 0 bridgehead atoms. The normalized spacial score (nSPS) is 23.1. The smallest absolute Gasteiger partial charge is 0.0718 e. The van der Waals surface area contributed by atoms with E-state index < -0.39 is 0 Å². The van der Waals surface area contributed by atoms with Crippen LogP contribution >= 0.6 is 0 Å². The Balaban J connectivity index is 1.83. The fraction of sp³-hybridized carbons (Fsp3) is 0.588. The number of aromatic nitrogens is 2. The van der Waals surface area contributed by atoms with E-state index in [2.05, 4.69) is 43.4 Å². The zero-order valence-electron chi connectivity index (χ0n) is 12.8. The van der Waals surface area contributed by atoms with Crippen LogP contribution in [0.4, 0.5) is 0 Å². The van der Waals surface area contributed by atoms with Crippen LogP contribution in [0.1, 0.15) is 32.4 Å². The third-order valence-corrected chi connectivity index (χ3v) is 4.59. The Morgan fingerprint density at radius 2 is 2.15 bits per heavy atom. The number of nitrogens with zero attached hydrogens (tertiary/aromatic N) is 2. The highest BCUT2D eigenvalue weighted by molar-refractivity contribution is 5.81. The number of rotatable bonds is 6. The number of hydrogen-bond acceptors (Lipinski definition) is 2. The fourth-order valence-electron chi connectivity index (χ4n) is 3.26. The van der Waals surface area contributed by atoms with Crippen molar-refractivity contribution < 1.29 is 0 Å². The van der Waals surface area contributed by atoms with Crippen LogP contribution in [0.15, 0.2) is 24.3 Å². The van der Waals surface area contributed by atoms with E-state index in [-0.39, 0.29) is 0 Å². The third-order valence-electron chi connectivity index (χ3n) is 4.59. The van der Waals surface area contributed by atoms with Crippen molar-refractivity contribution in [2.75, 3.05) is 6.54 Å². The molecule has 0 spiro atoms. The minimum absolute atomic E-state index is 0.586. The number of para-hydroxylation sites is 1. The van der Waals surface area contributed by atoms with E-state index >= 15 is 0 Å². The lowest BCUT2D eigenvalue weighted by Gasteiger charge is -2.17. The summed E-state index contributed by atoms with van der Waals surface area (Å²) in [4.78, 5) is 0. The Labute approximate surface area is 121 Å². The number of benzene rings is 1. The Kier molecular flexibility index (Phi) is 3.79. The minimum atomic E-state index is 0.586. The molecule has 1 aliphatic rings. The third kappa shape index (κ3) is 2.59. The summed E-state index contributed by atoms with van der Waals surface area (Å²) in [5.74, 6) is 1.71. The van der Waals surface area contributed by atoms with E-state index in [4.69, 9.17) is 5.10 Å². The standard InChI is InChI=1S/C17H25N3/c1-4-9-18-15(14-10-12(14)2)11-16-13-7-5-6-8-17(13)20(3)19-16/h5-8,12,14-15,18H,4,9-11H2,1-3H3. The summed E-state index contributed by atoms with van der Waals surface area (Å²) < 4.78 is 2.01. The van der Waals surface area contributed by atoms with Crippen molar-refractivity contribution in [1.29, 1.82) is 0 Å². The molecule has 3 nitrogen and oxygen atoms in total. The van der Waals surface area contributed by atoms with Crippen molar-refractivity contribution >= 4 is 10.9 Å². The van der Waals surface area contributed by atoms with E-state index in [9.17, 15) is 0 Å². The van der Waals surface area contributed by atoms with Gasteiger partial charge < -0.3 is 5.32 Å². The number of hydrogen-bond donors (Lipinski definition) is 1. The van der Waals surface area contributed by atoms with Crippen molar-refractivity contribution in [2.45, 2.75) is 39.2 Å². The van der Waals surface area contributed by atoms with Gasteiger partial charge in [0.25, 0.3) is 0 Å². The molecule has 0 saturated heterocycles. The first-order valence-electron chi connectivity index (χ1n) is 7.84. The molecule has 2 aromatic rings. The monoisotopic (exact) mass is 271 g/mol. The van der Waals surface area contributed by atoms with Crippen LogP contribution in [0.2, 0.25) is 0 Å². The number of fused-ring (bicyclic) bond motifs is 1. The molecule has 1 aromatic heterocycles. The van der Waals surface area contributed by atoms with Gasteiger partial charge in [-0.1, -0.05) is 32.0 Å². The van der Waals surface area contributed by atoms with Crippen molar-refractivity contribution in [2.24, 2.45) is 18.9 Å². The maximum atomic E-state index is 4.75. The van der Waals surface area contributed by atoms with Gasteiger partial charge in [0.15, 0.2) is 0 Å². The Morgan fingerprint density at radius 3 is 2.85 bits per heavy atom. The molecule has 0 radical (unpaired) electrons. The number of aryl methyl sites for hydroxylation is 1. The quantitative estimate of drug-likeness (QED) is 0.874. The first kappa shape index (κ1) is 13.6. The minimum Gasteiger partial charge on any atom is -0.313 e. The Bertz CT molecular complexity index is 587. The van der Waals surface area contributed by atoms with Gasteiger partial charge in [-0.3, -0.25) is 4.68 Å². The SMILES string of the molecule is CCCNC(Cc1nn(C)c2ccccc12)C1CC1C. The lowest BCUT2D eigenvalue weighted by molar-refractivity contribution is 0.439. The molecular weight excluding hydrogens is 246 g/mol. The summed E-state index contributed by atoms with van der Waals surface area (Å²) in [7, 11) is 2.04. The molecule has 1 saturated carbocycles. The molecule has 20 heavy (non-hydrogen) atoms. The van der Waals surface area contributed by atoms with Gasteiger partial charge in [-0.15, -0.1) is 0 Å². The van der Waals surface area contributed by atoms with Gasteiger partial charge in [-0.25, -0.2) is 0 Å². The van der Waals surface area contributed by atoms with Gasteiger partial charge in [0, 0.05) is 24.9 Å². The second-order valence-corrected chi connectivity index (χ2v) is 6.23. The molecule has 3 rings (SSSR count). The molecule has 0 amide bonds. The Morgan fingerprint density at radius 1 is 1.40 bits per heavy atom. The van der Waals surface area contributed by atoms with Crippen LogP contribution in [-0.2, 0) is 13.5 Å².